The number of benzene rings is 1. The Labute approximate surface area is 123 Å². The minimum Gasteiger partial charge on any atom is -0.496 e. The van der Waals surface area contributed by atoms with Crippen molar-refractivity contribution in [2.75, 3.05) is 39.2 Å². The number of nitrogens with zero attached hydrogens (tertiary/aromatic N) is 3. The van der Waals surface area contributed by atoms with Crippen molar-refractivity contribution < 1.29 is 14.5 Å². The molecule has 0 spiro atoms. The molecule has 0 aliphatic carbocycles. The van der Waals surface area contributed by atoms with Crippen LogP contribution in [-0.2, 0) is 0 Å². The fourth-order valence-electron chi connectivity index (χ4n) is 2.49. The number of ether oxygens (including phenoxy) is 1. The quantitative estimate of drug-likeness (QED) is 0.626. The van der Waals surface area contributed by atoms with Crippen LogP contribution < -0.4 is 9.64 Å². The zero-order valence-electron chi connectivity index (χ0n) is 12.5. The van der Waals surface area contributed by atoms with Crippen LogP contribution in [0.15, 0.2) is 12.1 Å². The Morgan fingerprint density at radius 3 is 2.43 bits per heavy atom. The first-order chi connectivity index (χ1) is 9.95. The molecular formula is C14H19N3O4. The van der Waals surface area contributed by atoms with Gasteiger partial charge in [0.15, 0.2) is 0 Å². The maximum atomic E-state index is 12.5. The molecule has 1 aromatic rings. The molecular weight excluding hydrogens is 274 g/mol. The molecule has 1 aromatic carbocycles. The van der Waals surface area contributed by atoms with Crippen molar-refractivity contribution in [2.24, 2.45) is 0 Å². The van der Waals surface area contributed by atoms with Crippen molar-refractivity contribution in [3.8, 4) is 5.75 Å². The van der Waals surface area contributed by atoms with E-state index in [9.17, 15) is 14.9 Å². The summed E-state index contributed by atoms with van der Waals surface area (Å²) in [5, 5.41) is 11.2. The minimum atomic E-state index is -0.477. The third-order valence-electron chi connectivity index (χ3n) is 3.60. The van der Waals surface area contributed by atoms with Crippen LogP contribution in [0.1, 0.15) is 23.2 Å². The molecule has 7 heteroatoms. The van der Waals surface area contributed by atoms with Gasteiger partial charge in [0.05, 0.1) is 17.6 Å². The fourth-order valence-corrected chi connectivity index (χ4v) is 2.49. The average molecular weight is 293 g/mol. The maximum absolute atomic E-state index is 12.5. The fraction of sp³-hybridized carbons (Fsp3) is 0.500. The Balaban J connectivity index is 2.51. The van der Waals surface area contributed by atoms with Gasteiger partial charge < -0.3 is 14.5 Å². The van der Waals surface area contributed by atoms with Gasteiger partial charge in [-0.3, -0.25) is 14.9 Å². The van der Waals surface area contributed by atoms with Crippen LogP contribution in [0.5, 0.6) is 5.75 Å². The Hall–Kier alpha value is -2.31. The lowest BCUT2D eigenvalue weighted by molar-refractivity contribution is -0.384. The second-order valence-corrected chi connectivity index (χ2v) is 5.19. The highest BCUT2D eigenvalue weighted by atomic mass is 16.6. The number of methoxy groups -OCH3 is 1. The summed E-state index contributed by atoms with van der Waals surface area (Å²) in [5.74, 6) is 0.152. The molecule has 1 aliphatic heterocycles. The van der Waals surface area contributed by atoms with E-state index in [1.165, 1.54) is 13.2 Å². The van der Waals surface area contributed by atoms with Gasteiger partial charge in [-0.1, -0.05) is 0 Å². The van der Waals surface area contributed by atoms with E-state index in [-0.39, 0.29) is 17.2 Å². The topological polar surface area (TPSA) is 75.9 Å². The number of hydrogen-bond acceptors (Lipinski definition) is 5. The van der Waals surface area contributed by atoms with Crippen LogP contribution in [-0.4, -0.2) is 50.0 Å². The number of carbonyl (C=O) groups is 1. The van der Waals surface area contributed by atoms with Crippen LogP contribution in [0.4, 0.5) is 11.4 Å². The standard InChI is InChI=1S/C14H19N3O4/c1-15(2)11-9-13(21-3)10(8-12(11)17(19)20)14(18)16-6-4-5-7-16/h8-9H,4-7H2,1-3H3. The first-order valence-electron chi connectivity index (χ1n) is 6.78. The molecule has 21 heavy (non-hydrogen) atoms. The van der Waals surface area contributed by atoms with Crippen LogP contribution >= 0.6 is 0 Å². The van der Waals surface area contributed by atoms with Gasteiger partial charge >= 0.3 is 0 Å². The smallest absolute Gasteiger partial charge is 0.293 e. The van der Waals surface area contributed by atoms with Crippen LogP contribution in [0, 0.1) is 10.1 Å². The zero-order valence-corrected chi connectivity index (χ0v) is 12.5. The van der Waals surface area contributed by atoms with Gasteiger partial charge in [0.1, 0.15) is 11.4 Å². The van der Waals surface area contributed by atoms with Gasteiger partial charge in [0.2, 0.25) is 0 Å². The van der Waals surface area contributed by atoms with E-state index in [4.69, 9.17) is 4.74 Å². The number of likely N-dealkylation sites (tertiary alicyclic amines) is 1. The summed E-state index contributed by atoms with van der Waals surface area (Å²) in [6.07, 6.45) is 1.93. The molecule has 0 radical (unpaired) electrons. The van der Waals surface area contributed by atoms with E-state index in [2.05, 4.69) is 0 Å². The Bertz CT molecular complexity index is 566. The lowest BCUT2D eigenvalue weighted by Gasteiger charge is -2.19. The lowest BCUT2D eigenvalue weighted by atomic mass is 10.1. The normalized spacial score (nSPS) is 14.1. The molecule has 0 saturated carbocycles. The van der Waals surface area contributed by atoms with Gasteiger partial charge in [-0.15, -0.1) is 0 Å². The van der Waals surface area contributed by atoms with Crippen molar-refractivity contribution in [1.82, 2.24) is 4.90 Å². The lowest BCUT2D eigenvalue weighted by Crippen LogP contribution is -2.28. The van der Waals surface area contributed by atoms with Gasteiger partial charge in [-0.25, -0.2) is 0 Å². The number of nitro groups is 1. The molecule has 1 heterocycles. The minimum absolute atomic E-state index is 0.0941. The molecule has 114 valence electrons. The number of rotatable bonds is 4. The number of amides is 1. The highest BCUT2D eigenvalue weighted by Gasteiger charge is 2.27. The van der Waals surface area contributed by atoms with Crippen molar-refractivity contribution >= 4 is 17.3 Å². The summed E-state index contributed by atoms with van der Waals surface area (Å²) < 4.78 is 5.25. The predicted molar refractivity (Wildman–Crippen MR) is 79.1 cm³/mol. The molecule has 1 saturated heterocycles. The molecule has 1 aliphatic rings. The van der Waals surface area contributed by atoms with E-state index in [1.54, 1.807) is 30.0 Å². The van der Waals surface area contributed by atoms with Gasteiger partial charge in [0.25, 0.3) is 11.6 Å². The van der Waals surface area contributed by atoms with E-state index in [1.807, 2.05) is 0 Å². The monoisotopic (exact) mass is 293 g/mol. The largest absolute Gasteiger partial charge is 0.496 e. The second kappa shape index (κ2) is 5.99. The summed E-state index contributed by atoms with van der Waals surface area (Å²) >= 11 is 0. The Morgan fingerprint density at radius 1 is 1.33 bits per heavy atom. The van der Waals surface area contributed by atoms with E-state index >= 15 is 0 Å². The highest BCUT2D eigenvalue weighted by molar-refractivity contribution is 5.99. The number of carbonyl (C=O) groups excluding carboxylic acids is 1. The highest BCUT2D eigenvalue weighted by Crippen LogP contribution is 2.35. The summed E-state index contributed by atoms with van der Waals surface area (Å²) in [4.78, 5) is 26.6. The van der Waals surface area contributed by atoms with E-state index in [0.717, 1.165) is 12.8 Å². The van der Waals surface area contributed by atoms with Crippen LogP contribution in [0.25, 0.3) is 0 Å². The van der Waals surface area contributed by atoms with Gasteiger partial charge in [-0.2, -0.15) is 0 Å². The summed E-state index contributed by atoms with van der Waals surface area (Å²) in [7, 11) is 4.88. The first kappa shape index (κ1) is 15.1. The van der Waals surface area contributed by atoms with Crippen molar-refractivity contribution in [2.45, 2.75) is 12.8 Å². The molecule has 1 fully saturated rings. The van der Waals surface area contributed by atoms with E-state index < -0.39 is 4.92 Å². The predicted octanol–water partition coefficient (Wildman–Crippen LogP) is 1.91. The number of nitro benzene ring substituents is 1. The zero-order chi connectivity index (χ0) is 15.6. The number of hydrogen-bond donors (Lipinski definition) is 0. The summed E-state index contributed by atoms with van der Waals surface area (Å²) in [6, 6.07) is 2.86. The molecule has 0 bridgehead atoms. The van der Waals surface area contributed by atoms with Gasteiger partial charge in [-0.05, 0) is 12.8 Å². The molecule has 0 atom stereocenters. The van der Waals surface area contributed by atoms with E-state index in [0.29, 0.717) is 24.5 Å². The third-order valence-corrected chi connectivity index (χ3v) is 3.60. The molecule has 1 amide bonds. The molecule has 2 rings (SSSR count). The van der Waals surface area contributed by atoms with Crippen molar-refractivity contribution in [3.05, 3.63) is 27.8 Å². The SMILES string of the molecule is COc1cc(N(C)C)c([N+](=O)[O-])cc1C(=O)N1CCCC1. The maximum Gasteiger partial charge on any atom is 0.293 e. The summed E-state index contributed by atoms with van der Waals surface area (Å²) in [5.41, 5.74) is 0.565. The Morgan fingerprint density at radius 2 is 1.95 bits per heavy atom. The van der Waals surface area contributed by atoms with Gasteiger partial charge in [0, 0.05) is 39.3 Å². The molecule has 0 unspecified atom stereocenters. The van der Waals surface area contributed by atoms with Crippen molar-refractivity contribution in [3.63, 3.8) is 0 Å². The molecule has 0 N–H and O–H groups in total. The summed E-state index contributed by atoms with van der Waals surface area (Å²) in [6.45, 7) is 1.37. The van der Waals surface area contributed by atoms with Crippen molar-refractivity contribution in [1.29, 1.82) is 0 Å². The third kappa shape index (κ3) is 2.91. The molecule has 7 nitrogen and oxygen atoms in total. The first-order valence-corrected chi connectivity index (χ1v) is 6.78. The number of anilines is 1. The Kier molecular flexibility index (Phi) is 4.30. The average Bonchev–Trinajstić information content (AvgIpc) is 2.98. The molecule has 0 aromatic heterocycles. The van der Waals surface area contributed by atoms with Crippen LogP contribution in [0.2, 0.25) is 0 Å². The second-order valence-electron chi connectivity index (χ2n) is 5.19. The van der Waals surface area contributed by atoms with Crippen LogP contribution in [0.3, 0.4) is 0 Å².